The van der Waals surface area contributed by atoms with Gasteiger partial charge in [0.05, 0.1) is 5.69 Å². The van der Waals surface area contributed by atoms with Crippen LogP contribution >= 0.6 is 0 Å². The average molecular weight is 499 g/mol. The van der Waals surface area contributed by atoms with Crippen LogP contribution in [0.3, 0.4) is 0 Å². The Kier molecular flexibility index (Phi) is 5.40. The molecule has 0 atom stereocenters. The van der Waals surface area contributed by atoms with Crippen LogP contribution in [0.2, 0.25) is 0 Å². The summed E-state index contributed by atoms with van der Waals surface area (Å²) in [6.07, 6.45) is 5.48. The molecule has 4 heterocycles. The number of amides is 1. The molecular formula is C29H27FN4O3. The van der Waals surface area contributed by atoms with Gasteiger partial charge in [0.15, 0.2) is 0 Å². The Hall–Kier alpha value is -4.33. The van der Waals surface area contributed by atoms with E-state index in [1.807, 2.05) is 36.9 Å². The number of carbonyl (C=O) groups is 2. The lowest BCUT2D eigenvalue weighted by atomic mass is 9.88. The van der Waals surface area contributed by atoms with E-state index in [1.54, 1.807) is 18.5 Å². The number of carboxylic acid groups (broad SMARTS) is 1. The number of likely N-dealkylation sites (tertiary alicyclic amines) is 1. The zero-order chi connectivity index (χ0) is 25.8. The van der Waals surface area contributed by atoms with Crippen LogP contribution in [0.4, 0.5) is 4.39 Å². The summed E-state index contributed by atoms with van der Waals surface area (Å²) in [6.45, 7) is 5.41. The number of aromatic nitrogens is 3. The van der Waals surface area contributed by atoms with Crippen molar-refractivity contribution in [3.8, 4) is 22.4 Å². The molecule has 8 heteroatoms. The molecular weight excluding hydrogens is 471 g/mol. The maximum atomic E-state index is 14.6. The maximum Gasteiger partial charge on any atom is 0.352 e. The third kappa shape index (κ3) is 3.71. The molecule has 0 spiro atoms. The number of nitrogens with zero attached hydrogens (tertiary/aromatic N) is 1. The summed E-state index contributed by atoms with van der Waals surface area (Å²) in [6, 6.07) is 10.2. The Morgan fingerprint density at radius 1 is 0.946 bits per heavy atom. The summed E-state index contributed by atoms with van der Waals surface area (Å²) >= 11 is 0. The molecule has 0 saturated carbocycles. The second-order valence-corrected chi connectivity index (χ2v) is 9.98. The fourth-order valence-corrected chi connectivity index (χ4v) is 5.68. The van der Waals surface area contributed by atoms with Crippen molar-refractivity contribution >= 4 is 33.7 Å². The van der Waals surface area contributed by atoms with E-state index in [0.29, 0.717) is 33.5 Å². The van der Waals surface area contributed by atoms with Gasteiger partial charge in [-0.05, 0) is 66.3 Å². The van der Waals surface area contributed by atoms with Gasteiger partial charge in [0.2, 0.25) is 0 Å². The molecule has 1 saturated heterocycles. The number of aromatic carboxylic acids is 1. The quantitative estimate of drug-likeness (QED) is 0.222. The molecule has 1 fully saturated rings. The van der Waals surface area contributed by atoms with Crippen molar-refractivity contribution in [2.24, 2.45) is 0 Å². The van der Waals surface area contributed by atoms with E-state index >= 15 is 0 Å². The molecule has 7 nitrogen and oxygen atoms in total. The molecule has 1 amide bonds. The van der Waals surface area contributed by atoms with E-state index < -0.39 is 11.8 Å². The first kappa shape index (κ1) is 23.1. The van der Waals surface area contributed by atoms with E-state index in [1.165, 1.54) is 12.1 Å². The fourth-order valence-electron chi connectivity index (χ4n) is 5.68. The standard InChI is InChI=1S/C29H27FN4O3/c1-15(2)24-25(20-11-16(12-22-18(20)5-7-31-22)28(35)34-9-3-4-10-34)27(29(36)37)33-26(24)21-13-17(30)14-23-19(21)6-8-32-23/h5-8,11-15,31-33H,3-4,9-10H2,1-2H3,(H,36,37). The van der Waals surface area contributed by atoms with Gasteiger partial charge in [-0.1, -0.05) is 13.8 Å². The predicted octanol–water partition coefficient (Wildman–Crippen LogP) is 6.51. The Morgan fingerprint density at radius 2 is 1.59 bits per heavy atom. The number of H-pyrrole nitrogens is 3. The molecule has 0 bridgehead atoms. The van der Waals surface area contributed by atoms with Crippen LogP contribution in [-0.2, 0) is 0 Å². The molecule has 2 aromatic carbocycles. The zero-order valence-electron chi connectivity index (χ0n) is 20.6. The van der Waals surface area contributed by atoms with Gasteiger partial charge < -0.3 is 25.0 Å². The number of rotatable bonds is 5. The third-order valence-corrected chi connectivity index (χ3v) is 7.31. The highest BCUT2D eigenvalue weighted by Crippen LogP contribution is 2.44. The molecule has 3 aromatic heterocycles. The molecule has 1 aliphatic rings. The monoisotopic (exact) mass is 498 g/mol. The van der Waals surface area contributed by atoms with E-state index in [-0.39, 0.29) is 17.5 Å². The number of hydrogen-bond donors (Lipinski definition) is 4. The highest BCUT2D eigenvalue weighted by atomic mass is 19.1. The zero-order valence-corrected chi connectivity index (χ0v) is 20.6. The van der Waals surface area contributed by atoms with Crippen LogP contribution in [0.15, 0.2) is 48.8 Å². The Balaban J connectivity index is 1.66. The highest BCUT2D eigenvalue weighted by molar-refractivity contribution is 6.09. The summed E-state index contributed by atoms with van der Waals surface area (Å²) < 4.78 is 14.6. The number of benzene rings is 2. The van der Waals surface area contributed by atoms with Gasteiger partial charge in [0.1, 0.15) is 11.5 Å². The molecule has 5 aromatic rings. The Bertz CT molecular complexity index is 1680. The van der Waals surface area contributed by atoms with Gasteiger partial charge in [0.25, 0.3) is 5.91 Å². The van der Waals surface area contributed by atoms with E-state index in [9.17, 15) is 19.1 Å². The lowest BCUT2D eigenvalue weighted by Gasteiger charge is -2.18. The summed E-state index contributed by atoms with van der Waals surface area (Å²) in [4.78, 5) is 37.2. The minimum Gasteiger partial charge on any atom is -0.477 e. The third-order valence-electron chi connectivity index (χ3n) is 7.31. The summed E-state index contributed by atoms with van der Waals surface area (Å²) in [5.74, 6) is -1.70. The number of nitrogens with one attached hydrogen (secondary N) is 3. The molecule has 0 unspecified atom stereocenters. The molecule has 37 heavy (non-hydrogen) atoms. The van der Waals surface area contributed by atoms with E-state index in [4.69, 9.17) is 0 Å². The number of fused-ring (bicyclic) bond motifs is 2. The largest absolute Gasteiger partial charge is 0.477 e. The summed E-state index contributed by atoms with van der Waals surface area (Å²) in [5.41, 5.74) is 5.00. The number of halogens is 1. The van der Waals surface area contributed by atoms with Crippen molar-refractivity contribution < 1.29 is 19.1 Å². The van der Waals surface area contributed by atoms with Gasteiger partial charge in [-0.15, -0.1) is 0 Å². The molecule has 6 rings (SSSR count). The summed E-state index contributed by atoms with van der Waals surface area (Å²) in [7, 11) is 0. The van der Waals surface area contributed by atoms with Crippen LogP contribution in [0.25, 0.3) is 44.2 Å². The van der Waals surface area contributed by atoms with Gasteiger partial charge in [0, 0.05) is 64.0 Å². The number of carboxylic acids is 1. The molecule has 4 N–H and O–H groups in total. The van der Waals surface area contributed by atoms with E-state index in [2.05, 4.69) is 15.0 Å². The van der Waals surface area contributed by atoms with Gasteiger partial charge in [-0.2, -0.15) is 0 Å². The topological polar surface area (TPSA) is 105 Å². The van der Waals surface area contributed by atoms with Crippen molar-refractivity contribution in [3.05, 3.63) is 71.4 Å². The minimum atomic E-state index is -1.12. The first-order chi connectivity index (χ1) is 17.8. The molecule has 188 valence electrons. The number of carbonyl (C=O) groups excluding carboxylic acids is 1. The number of hydrogen-bond acceptors (Lipinski definition) is 2. The van der Waals surface area contributed by atoms with Crippen molar-refractivity contribution in [1.29, 1.82) is 0 Å². The van der Waals surface area contributed by atoms with Crippen LogP contribution in [-0.4, -0.2) is 49.9 Å². The summed E-state index contributed by atoms with van der Waals surface area (Å²) in [5, 5.41) is 11.9. The van der Waals surface area contributed by atoms with Crippen molar-refractivity contribution in [3.63, 3.8) is 0 Å². The van der Waals surface area contributed by atoms with Crippen LogP contribution in [0.5, 0.6) is 0 Å². The normalized spacial score (nSPS) is 13.9. The number of aromatic amines is 3. The van der Waals surface area contributed by atoms with E-state index in [0.717, 1.165) is 47.8 Å². The van der Waals surface area contributed by atoms with Crippen LogP contribution < -0.4 is 0 Å². The minimum absolute atomic E-state index is 0.0138. The first-order valence-corrected chi connectivity index (χ1v) is 12.5. The molecule has 1 aliphatic heterocycles. The van der Waals surface area contributed by atoms with Crippen molar-refractivity contribution in [1.82, 2.24) is 19.9 Å². The Morgan fingerprint density at radius 3 is 2.24 bits per heavy atom. The van der Waals surface area contributed by atoms with Crippen molar-refractivity contribution in [2.75, 3.05) is 13.1 Å². The second-order valence-electron chi connectivity index (χ2n) is 9.98. The fraction of sp³-hybridized carbons (Fsp3) is 0.241. The predicted molar refractivity (Wildman–Crippen MR) is 142 cm³/mol. The first-order valence-electron chi connectivity index (χ1n) is 12.5. The lowest BCUT2D eigenvalue weighted by Crippen LogP contribution is -2.27. The molecule has 0 aliphatic carbocycles. The van der Waals surface area contributed by atoms with Crippen LogP contribution in [0.1, 0.15) is 59.0 Å². The van der Waals surface area contributed by atoms with Gasteiger partial charge in [-0.3, -0.25) is 4.79 Å². The van der Waals surface area contributed by atoms with Crippen LogP contribution in [0, 0.1) is 5.82 Å². The maximum absolute atomic E-state index is 14.6. The highest BCUT2D eigenvalue weighted by Gasteiger charge is 2.29. The smallest absolute Gasteiger partial charge is 0.352 e. The van der Waals surface area contributed by atoms with Crippen molar-refractivity contribution in [2.45, 2.75) is 32.6 Å². The molecule has 0 radical (unpaired) electrons. The lowest BCUT2D eigenvalue weighted by molar-refractivity contribution is 0.0691. The van der Waals surface area contributed by atoms with Gasteiger partial charge in [-0.25, -0.2) is 9.18 Å². The average Bonchev–Trinajstić information content (AvgIpc) is 3.66. The second kappa shape index (κ2) is 8.65. The van der Waals surface area contributed by atoms with Gasteiger partial charge >= 0.3 is 5.97 Å². The SMILES string of the molecule is CC(C)c1c(-c2cc(F)cc3[nH]ccc23)[nH]c(C(=O)O)c1-c1cc(C(=O)N2CCCC2)cc2[nH]ccc12. The Labute approximate surface area is 212 Å².